The molecule has 8 heteroatoms. The Bertz CT molecular complexity index is 1010. The predicted molar refractivity (Wildman–Crippen MR) is 124 cm³/mol. The van der Waals surface area contributed by atoms with E-state index in [4.69, 9.17) is 4.52 Å². The molecule has 1 aromatic carbocycles. The summed E-state index contributed by atoms with van der Waals surface area (Å²) in [5.41, 5.74) is 0.920. The van der Waals surface area contributed by atoms with Crippen molar-refractivity contribution in [3.05, 3.63) is 70.1 Å². The van der Waals surface area contributed by atoms with Crippen LogP contribution in [0.1, 0.15) is 35.1 Å². The van der Waals surface area contributed by atoms with Crippen molar-refractivity contribution in [2.24, 2.45) is 5.92 Å². The van der Waals surface area contributed by atoms with Gasteiger partial charge in [0.2, 0.25) is 11.8 Å². The zero-order valence-electron chi connectivity index (χ0n) is 18.1. The normalized spacial score (nSPS) is 15.9. The molecule has 1 unspecified atom stereocenters. The highest BCUT2D eigenvalue weighted by atomic mass is 32.1. The number of thiophene rings is 1. The summed E-state index contributed by atoms with van der Waals surface area (Å²) in [5, 5.41) is 11.9. The zero-order valence-corrected chi connectivity index (χ0v) is 18.9. The number of likely N-dealkylation sites (tertiary alicyclic amines) is 1. The first kappa shape index (κ1) is 22.2. The fourth-order valence-electron chi connectivity index (χ4n) is 4.11. The van der Waals surface area contributed by atoms with Gasteiger partial charge in [0.25, 0.3) is 0 Å². The number of hydrogen-bond donors (Lipinski definition) is 2. The van der Waals surface area contributed by atoms with Crippen LogP contribution in [-0.2, 0) is 16.0 Å². The molecule has 3 heterocycles. The SMILES string of the molecule is Cc1cc(NC(=O)C(c2ccccc2)N2CCC(C(=O)NCCc3cccs3)CC2)no1. The Morgan fingerprint density at radius 2 is 1.97 bits per heavy atom. The second-order valence-corrected chi connectivity index (χ2v) is 9.09. The lowest BCUT2D eigenvalue weighted by Crippen LogP contribution is -2.45. The highest BCUT2D eigenvalue weighted by Gasteiger charge is 2.33. The van der Waals surface area contributed by atoms with Crippen molar-refractivity contribution >= 4 is 29.0 Å². The average molecular weight is 453 g/mol. The molecular weight excluding hydrogens is 424 g/mol. The van der Waals surface area contributed by atoms with Gasteiger partial charge in [0.1, 0.15) is 11.8 Å². The molecule has 1 atom stereocenters. The Labute approximate surface area is 191 Å². The van der Waals surface area contributed by atoms with Crippen LogP contribution in [0, 0.1) is 12.8 Å². The van der Waals surface area contributed by atoms with Crippen LogP contribution in [0.15, 0.2) is 58.4 Å². The van der Waals surface area contributed by atoms with E-state index in [1.54, 1.807) is 24.3 Å². The number of amides is 2. The smallest absolute Gasteiger partial charge is 0.247 e. The molecule has 1 fully saturated rings. The van der Waals surface area contributed by atoms with Crippen molar-refractivity contribution in [1.29, 1.82) is 0 Å². The molecule has 0 saturated carbocycles. The maximum atomic E-state index is 13.2. The van der Waals surface area contributed by atoms with Gasteiger partial charge < -0.3 is 15.2 Å². The minimum atomic E-state index is -0.448. The number of carbonyl (C=O) groups is 2. The summed E-state index contributed by atoms with van der Waals surface area (Å²) >= 11 is 1.71. The number of nitrogens with zero attached hydrogens (tertiary/aromatic N) is 2. The summed E-state index contributed by atoms with van der Waals surface area (Å²) in [4.78, 5) is 29.2. The van der Waals surface area contributed by atoms with E-state index >= 15 is 0 Å². The lowest BCUT2D eigenvalue weighted by Gasteiger charge is -2.36. The highest BCUT2D eigenvalue weighted by Crippen LogP contribution is 2.28. The van der Waals surface area contributed by atoms with Crippen molar-refractivity contribution < 1.29 is 14.1 Å². The van der Waals surface area contributed by atoms with Gasteiger partial charge in [0.05, 0.1) is 0 Å². The Balaban J connectivity index is 1.35. The lowest BCUT2D eigenvalue weighted by atomic mass is 9.93. The van der Waals surface area contributed by atoms with E-state index in [1.807, 2.05) is 36.4 Å². The highest BCUT2D eigenvalue weighted by molar-refractivity contribution is 7.09. The maximum absolute atomic E-state index is 13.2. The molecule has 2 N–H and O–H groups in total. The Kier molecular flexibility index (Phi) is 7.34. The average Bonchev–Trinajstić information content (AvgIpc) is 3.47. The molecule has 4 rings (SSSR count). The predicted octanol–water partition coefficient (Wildman–Crippen LogP) is 3.80. The van der Waals surface area contributed by atoms with Gasteiger partial charge in [-0.1, -0.05) is 41.6 Å². The molecule has 1 saturated heterocycles. The molecule has 0 spiro atoms. The molecule has 2 amide bonds. The summed E-state index contributed by atoms with van der Waals surface area (Å²) in [6, 6.07) is 15.1. The third-order valence-electron chi connectivity index (χ3n) is 5.76. The topological polar surface area (TPSA) is 87.5 Å². The van der Waals surface area contributed by atoms with Crippen molar-refractivity contribution in [3.8, 4) is 0 Å². The van der Waals surface area contributed by atoms with Crippen molar-refractivity contribution in [2.45, 2.75) is 32.2 Å². The molecule has 168 valence electrons. The molecule has 0 bridgehead atoms. The second kappa shape index (κ2) is 10.6. The Hall–Kier alpha value is -2.97. The third kappa shape index (κ3) is 5.63. The van der Waals surface area contributed by atoms with E-state index in [1.165, 1.54) is 4.88 Å². The Morgan fingerprint density at radius 1 is 1.19 bits per heavy atom. The van der Waals surface area contributed by atoms with Crippen LogP contribution < -0.4 is 10.6 Å². The number of piperidine rings is 1. The summed E-state index contributed by atoms with van der Waals surface area (Å²) in [7, 11) is 0. The standard InChI is InChI=1S/C24H28N4O3S/c1-17-16-21(27-31-17)26-24(30)22(18-6-3-2-4-7-18)28-13-10-19(11-14-28)23(29)25-12-9-20-8-5-15-32-20/h2-8,15-16,19,22H,9-14H2,1H3,(H,25,29)(H,26,27,30). The molecule has 1 aliphatic heterocycles. The zero-order chi connectivity index (χ0) is 22.3. The van der Waals surface area contributed by atoms with Gasteiger partial charge >= 0.3 is 0 Å². The number of benzene rings is 1. The number of nitrogens with one attached hydrogen (secondary N) is 2. The van der Waals surface area contributed by atoms with Crippen LogP contribution in [0.3, 0.4) is 0 Å². The fourth-order valence-corrected chi connectivity index (χ4v) is 4.82. The van der Waals surface area contributed by atoms with E-state index in [0.717, 1.165) is 24.8 Å². The van der Waals surface area contributed by atoms with Crippen LogP contribution in [0.2, 0.25) is 0 Å². The molecule has 32 heavy (non-hydrogen) atoms. The summed E-state index contributed by atoms with van der Waals surface area (Å²) in [5.74, 6) is 0.992. The molecule has 0 radical (unpaired) electrons. The van der Waals surface area contributed by atoms with Gasteiger partial charge in [0, 0.05) is 23.4 Å². The second-order valence-electron chi connectivity index (χ2n) is 8.06. The van der Waals surface area contributed by atoms with Gasteiger partial charge in [-0.2, -0.15) is 0 Å². The van der Waals surface area contributed by atoms with Crippen molar-refractivity contribution in [3.63, 3.8) is 0 Å². The monoisotopic (exact) mass is 452 g/mol. The van der Waals surface area contributed by atoms with E-state index in [2.05, 4.69) is 32.1 Å². The molecule has 1 aliphatic rings. The van der Waals surface area contributed by atoms with Crippen LogP contribution in [0.4, 0.5) is 5.82 Å². The first-order valence-corrected chi connectivity index (χ1v) is 11.8. The molecule has 3 aromatic rings. The summed E-state index contributed by atoms with van der Waals surface area (Å²) < 4.78 is 5.07. The van der Waals surface area contributed by atoms with Crippen molar-refractivity contribution in [2.75, 3.05) is 25.0 Å². The third-order valence-corrected chi connectivity index (χ3v) is 6.70. The Morgan fingerprint density at radius 3 is 2.62 bits per heavy atom. The number of rotatable bonds is 8. The van der Waals surface area contributed by atoms with E-state index < -0.39 is 6.04 Å². The van der Waals surface area contributed by atoms with Crippen LogP contribution >= 0.6 is 11.3 Å². The first-order chi connectivity index (χ1) is 15.6. The van der Waals surface area contributed by atoms with E-state index in [9.17, 15) is 9.59 Å². The maximum Gasteiger partial charge on any atom is 0.247 e. The molecule has 2 aromatic heterocycles. The minimum Gasteiger partial charge on any atom is -0.360 e. The number of aryl methyl sites for hydroxylation is 1. The summed E-state index contributed by atoms with van der Waals surface area (Å²) in [6.45, 7) is 3.79. The first-order valence-electron chi connectivity index (χ1n) is 10.9. The molecule has 7 nitrogen and oxygen atoms in total. The van der Waals surface area contributed by atoms with Gasteiger partial charge in [-0.3, -0.25) is 14.5 Å². The van der Waals surface area contributed by atoms with Crippen LogP contribution in [0.25, 0.3) is 0 Å². The number of hydrogen-bond acceptors (Lipinski definition) is 6. The number of carbonyl (C=O) groups excluding carboxylic acids is 2. The van der Waals surface area contributed by atoms with Crippen LogP contribution in [-0.4, -0.2) is 41.5 Å². The van der Waals surface area contributed by atoms with Gasteiger partial charge in [-0.15, -0.1) is 11.3 Å². The van der Waals surface area contributed by atoms with Gasteiger partial charge in [-0.05, 0) is 56.3 Å². The van der Waals surface area contributed by atoms with E-state index in [0.29, 0.717) is 31.2 Å². The lowest BCUT2D eigenvalue weighted by molar-refractivity contribution is -0.127. The number of aromatic nitrogens is 1. The van der Waals surface area contributed by atoms with Gasteiger partial charge in [-0.25, -0.2) is 0 Å². The molecular formula is C24H28N4O3S. The quantitative estimate of drug-likeness (QED) is 0.543. The van der Waals surface area contributed by atoms with Crippen LogP contribution in [0.5, 0.6) is 0 Å². The number of anilines is 1. The minimum absolute atomic E-state index is 0.0211. The largest absolute Gasteiger partial charge is 0.360 e. The van der Waals surface area contributed by atoms with Crippen molar-refractivity contribution in [1.82, 2.24) is 15.4 Å². The van der Waals surface area contributed by atoms with E-state index in [-0.39, 0.29) is 17.7 Å². The fraction of sp³-hybridized carbons (Fsp3) is 0.375. The molecule has 0 aliphatic carbocycles. The van der Waals surface area contributed by atoms with Gasteiger partial charge in [0.15, 0.2) is 5.82 Å². The summed E-state index contributed by atoms with van der Waals surface area (Å²) in [6.07, 6.45) is 2.31.